The van der Waals surface area contributed by atoms with Gasteiger partial charge in [0, 0.05) is 12.6 Å². The molecule has 2 bridgehead atoms. The molecule has 0 aromatic rings. The molecule has 2 nitrogen and oxygen atoms in total. The van der Waals surface area contributed by atoms with Crippen LogP contribution < -0.4 is 0 Å². The lowest BCUT2D eigenvalue weighted by Crippen LogP contribution is -2.34. The quantitative estimate of drug-likeness (QED) is 0.722. The van der Waals surface area contributed by atoms with Crippen molar-refractivity contribution in [2.75, 3.05) is 13.1 Å². The molecule has 1 N–H and O–H groups in total. The molecule has 0 radical (unpaired) electrons. The highest BCUT2D eigenvalue weighted by atomic mass is 16.3. The van der Waals surface area contributed by atoms with E-state index in [4.69, 9.17) is 0 Å². The van der Waals surface area contributed by atoms with Crippen molar-refractivity contribution in [3.63, 3.8) is 0 Å². The van der Waals surface area contributed by atoms with Gasteiger partial charge in [0.05, 0.1) is 6.54 Å². The van der Waals surface area contributed by atoms with Crippen LogP contribution in [0.1, 0.15) is 53.9 Å². The van der Waals surface area contributed by atoms with Gasteiger partial charge in [0.25, 0.3) is 0 Å². The molecule has 2 atom stereocenters. The molecule has 2 fully saturated rings. The van der Waals surface area contributed by atoms with E-state index in [1.165, 1.54) is 25.8 Å². The Morgan fingerprint density at radius 3 is 2.56 bits per heavy atom. The average molecular weight is 249 g/mol. The molecule has 18 heavy (non-hydrogen) atoms. The van der Waals surface area contributed by atoms with E-state index in [2.05, 4.69) is 37.5 Å². The third-order valence-electron chi connectivity index (χ3n) is 4.20. The number of hydrogen-bond donors (Lipinski definition) is 1. The minimum Gasteiger partial charge on any atom is -0.378 e. The standard InChI is InChI=1S/C16H27NO/c1-14(2)9-13-10-16(5,11-14)12-17(13)8-6-7-15(3,4)18/h13,18H,8-12H2,1-5H3/t13-,16-/m1/s1. The lowest BCUT2D eigenvalue weighted by atomic mass is 9.65. The van der Waals surface area contributed by atoms with Crippen molar-refractivity contribution in [1.82, 2.24) is 4.90 Å². The summed E-state index contributed by atoms with van der Waals surface area (Å²) in [6, 6.07) is 0.690. The van der Waals surface area contributed by atoms with Gasteiger partial charge in [-0.2, -0.15) is 0 Å². The summed E-state index contributed by atoms with van der Waals surface area (Å²) in [5.74, 6) is 6.08. The van der Waals surface area contributed by atoms with E-state index >= 15 is 0 Å². The van der Waals surface area contributed by atoms with Gasteiger partial charge in [-0.25, -0.2) is 0 Å². The normalized spacial score (nSPS) is 35.1. The van der Waals surface area contributed by atoms with E-state index in [0.717, 1.165) is 6.54 Å². The van der Waals surface area contributed by atoms with Gasteiger partial charge in [0.15, 0.2) is 0 Å². The topological polar surface area (TPSA) is 23.5 Å². The maximum atomic E-state index is 9.62. The second kappa shape index (κ2) is 4.25. The van der Waals surface area contributed by atoms with Crippen LogP contribution >= 0.6 is 0 Å². The molecule has 0 amide bonds. The van der Waals surface area contributed by atoms with E-state index < -0.39 is 5.60 Å². The Morgan fingerprint density at radius 1 is 1.28 bits per heavy atom. The zero-order chi connectivity index (χ0) is 13.6. The fourth-order valence-corrected chi connectivity index (χ4v) is 4.12. The van der Waals surface area contributed by atoms with Gasteiger partial charge < -0.3 is 5.11 Å². The lowest BCUT2D eigenvalue weighted by molar-refractivity contribution is 0.129. The molecule has 1 heterocycles. The maximum Gasteiger partial charge on any atom is 0.120 e. The van der Waals surface area contributed by atoms with E-state index in [-0.39, 0.29) is 0 Å². The Labute approximate surface area is 112 Å². The Hall–Kier alpha value is -0.520. The van der Waals surface area contributed by atoms with E-state index in [0.29, 0.717) is 16.9 Å². The number of hydrogen-bond acceptors (Lipinski definition) is 2. The number of rotatable bonds is 1. The molecule has 1 aliphatic heterocycles. The van der Waals surface area contributed by atoms with Crippen molar-refractivity contribution in [3.8, 4) is 11.8 Å². The molecule has 1 aliphatic carbocycles. The first-order valence-electron chi connectivity index (χ1n) is 7.05. The molecule has 1 saturated heterocycles. The maximum absolute atomic E-state index is 9.62. The molecule has 2 heteroatoms. The Kier molecular flexibility index (Phi) is 3.28. The predicted octanol–water partition coefficient (Wildman–Crippen LogP) is 2.66. The van der Waals surface area contributed by atoms with Gasteiger partial charge in [0.2, 0.25) is 0 Å². The van der Waals surface area contributed by atoms with Crippen LogP contribution in [0.2, 0.25) is 0 Å². The monoisotopic (exact) mass is 249 g/mol. The summed E-state index contributed by atoms with van der Waals surface area (Å²) in [6.07, 6.45) is 3.93. The van der Waals surface area contributed by atoms with Crippen LogP contribution in [-0.2, 0) is 0 Å². The first-order valence-corrected chi connectivity index (χ1v) is 7.05. The third kappa shape index (κ3) is 3.28. The van der Waals surface area contributed by atoms with Gasteiger partial charge in [-0.05, 0) is 43.9 Å². The van der Waals surface area contributed by atoms with Crippen molar-refractivity contribution >= 4 is 0 Å². The van der Waals surface area contributed by atoms with Gasteiger partial charge in [-0.3, -0.25) is 4.90 Å². The largest absolute Gasteiger partial charge is 0.378 e. The van der Waals surface area contributed by atoms with Crippen molar-refractivity contribution < 1.29 is 5.11 Å². The summed E-state index contributed by atoms with van der Waals surface area (Å²) in [4.78, 5) is 2.52. The fraction of sp³-hybridized carbons (Fsp3) is 0.875. The molecular weight excluding hydrogens is 222 g/mol. The smallest absolute Gasteiger partial charge is 0.120 e. The van der Waals surface area contributed by atoms with Crippen LogP contribution in [0.25, 0.3) is 0 Å². The molecular formula is C16H27NO. The molecule has 0 unspecified atom stereocenters. The number of aliphatic hydroxyl groups is 1. The van der Waals surface area contributed by atoms with E-state index in [1.807, 2.05) is 0 Å². The highest BCUT2D eigenvalue weighted by Crippen LogP contribution is 2.52. The minimum atomic E-state index is -0.863. The molecule has 102 valence electrons. The predicted molar refractivity (Wildman–Crippen MR) is 75.2 cm³/mol. The lowest BCUT2D eigenvalue weighted by Gasteiger charge is -2.39. The summed E-state index contributed by atoms with van der Waals surface area (Å²) in [6.45, 7) is 12.7. The highest BCUT2D eigenvalue weighted by Gasteiger charge is 2.49. The zero-order valence-corrected chi connectivity index (χ0v) is 12.5. The highest BCUT2D eigenvalue weighted by molar-refractivity contribution is 5.13. The van der Waals surface area contributed by atoms with Crippen LogP contribution in [0.15, 0.2) is 0 Å². The molecule has 1 saturated carbocycles. The zero-order valence-electron chi connectivity index (χ0n) is 12.5. The molecule has 0 aromatic heterocycles. The molecule has 2 rings (SSSR count). The second-order valence-electron chi connectivity index (χ2n) is 7.98. The van der Waals surface area contributed by atoms with Gasteiger partial charge in [-0.1, -0.05) is 32.6 Å². The Morgan fingerprint density at radius 2 is 1.94 bits per heavy atom. The fourth-order valence-electron chi connectivity index (χ4n) is 4.12. The summed E-state index contributed by atoms with van der Waals surface area (Å²) in [7, 11) is 0. The van der Waals surface area contributed by atoms with Crippen LogP contribution in [0, 0.1) is 22.7 Å². The second-order valence-corrected chi connectivity index (χ2v) is 7.98. The van der Waals surface area contributed by atoms with Gasteiger partial charge in [-0.15, -0.1) is 0 Å². The van der Waals surface area contributed by atoms with Crippen molar-refractivity contribution in [1.29, 1.82) is 0 Å². The average Bonchev–Trinajstić information content (AvgIpc) is 2.32. The summed E-state index contributed by atoms with van der Waals surface area (Å²) < 4.78 is 0. The van der Waals surface area contributed by atoms with Gasteiger partial charge >= 0.3 is 0 Å². The van der Waals surface area contributed by atoms with Crippen LogP contribution in [-0.4, -0.2) is 34.7 Å². The van der Waals surface area contributed by atoms with E-state index in [9.17, 15) is 5.11 Å². The summed E-state index contributed by atoms with van der Waals surface area (Å²) in [5.41, 5.74) is 0.0803. The first kappa shape index (κ1) is 13.9. The van der Waals surface area contributed by atoms with Crippen molar-refractivity contribution in [2.24, 2.45) is 10.8 Å². The SMILES string of the molecule is CC(C)(O)C#CCN1C[C@]2(C)C[C@H]1CC(C)(C)C2. The molecule has 0 aromatic carbocycles. The number of nitrogens with zero attached hydrogens (tertiary/aromatic N) is 1. The molecule has 2 aliphatic rings. The molecule has 0 spiro atoms. The number of likely N-dealkylation sites (tertiary alicyclic amines) is 1. The van der Waals surface area contributed by atoms with Gasteiger partial charge in [0.1, 0.15) is 5.60 Å². The third-order valence-corrected chi connectivity index (χ3v) is 4.20. The summed E-state index contributed by atoms with van der Waals surface area (Å²) >= 11 is 0. The summed E-state index contributed by atoms with van der Waals surface area (Å²) in [5, 5.41) is 9.62. The van der Waals surface area contributed by atoms with Crippen molar-refractivity contribution in [2.45, 2.75) is 65.5 Å². The Bertz CT molecular complexity index is 382. The van der Waals surface area contributed by atoms with Crippen LogP contribution in [0.5, 0.6) is 0 Å². The Balaban J connectivity index is 2.03. The van der Waals surface area contributed by atoms with E-state index in [1.54, 1.807) is 13.8 Å². The minimum absolute atomic E-state index is 0.468. The van der Waals surface area contributed by atoms with Crippen molar-refractivity contribution in [3.05, 3.63) is 0 Å². The number of fused-ring (bicyclic) bond motifs is 2. The van der Waals surface area contributed by atoms with Crippen LogP contribution in [0.3, 0.4) is 0 Å². The van der Waals surface area contributed by atoms with Crippen LogP contribution in [0.4, 0.5) is 0 Å². The first-order chi connectivity index (χ1) is 8.09.